The molecule has 0 radical (unpaired) electrons. The van der Waals surface area contributed by atoms with Gasteiger partial charge in [0.2, 0.25) is 6.29 Å². The highest BCUT2D eigenvalue weighted by molar-refractivity contribution is 7.99. The van der Waals surface area contributed by atoms with E-state index >= 15 is 0 Å². The van der Waals surface area contributed by atoms with E-state index in [1.807, 2.05) is 12.3 Å². The molecule has 0 bridgehead atoms. The van der Waals surface area contributed by atoms with E-state index in [0.29, 0.717) is 18.0 Å². The fraction of sp³-hybridized carbons (Fsp3) is 0.600. The maximum absolute atomic E-state index is 10.1. The van der Waals surface area contributed by atoms with Gasteiger partial charge in [0.1, 0.15) is 30.2 Å². The van der Waals surface area contributed by atoms with Crippen LogP contribution in [0.2, 0.25) is 0 Å². The van der Waals surface area contributed by atoms with Gasteiger partial charge in [0, 0.05) is 13.4 Å². The predicted octanol–water partition coefficient (Wildman–Crippen LogP) is -0.298. The van der Waals surface area contributed by atoms with E-state index in [9.17, 15) is 20.4 Å². The van der Waals surface area contributed by atoms with Gasteiger partial charge in [-0.05, 0) is 17.7 Å². The van der Waals surface area contributed by atoms with Crippen molar-refractivity contribution in [3.63, 3.8) is 0 Å². The lowest BCUT2D eigenvalue weighted by atomic mass is 9.99. The monoisotopic (exact) mass is 361 g/mol. The number of methoxy groups -OCH3 is 1. The van der Waals surface area contributed by atoms with Crippen molar-refractivity contribution in [1.82, 2.24) is 0 Å². The maximum Gasteiger partial charge on any atom is 0.229 e. The Balaban J connectivity index is 2.19. The van der Waals surface area contributed by atoms with Crippen LogP contribution in [0.25, 0.3) is 0 Å². The molecule has 1 aromatic carbocycles. The molecule has 2 rings (SSSR count). The molecule has 1 fully saturated rings. The quantitative estimate of drug-likeness (QED) is 0.417. The van der Waals surface area contributed by atoms with Crippen molar-refractivity contribution in [2.24, 2.45) is 0 Å². The van der Waals surface area contributed by atoms with Gasteiger partial charge in [-0.25, -0.2) is 0 Å². The first-order chi connectivity index (χ1) is 11.5. The van der Waals surface area contributed by atoms with Crippen molar-refractivity contribution in [2.75, 3.05) is 24.7 Å². The standard InChI is InChI=1S/C15H23NO7S/c1-21-7-8-3-4-10(9(5-8)16-24-2)22-15-14(20)13(19)12(18)11(6-17)23-15/h3-5,11-20H,6-7H2,1-2H3. The molecule has 1 aliphatic heterocycles. The van der Waals surface area contributed by atoms with E-state index in [-0.39, 0.29) is 0 Å². The zero-order valence-electron chi connectivity index (χ0n) is 13.5. The second-order valence-corrected chi connectivity index (χ2v) is 6.00. The van der Waals surface area contributed by atoms with Gasteiger partial charge in [0.05, 0.1) is 18.9 Å². The summed E-state index contributed by atoms with van der Waals surface area (Å²) in [5.74, 6) is 0.397. The van der Waals surface area contributed by atoms with Crippen molar-refractivity contribution in [3.8, 4) is 5.75 Å². The van der Waals surface area contributed by atoms with Crippen molar-refractivity contribution >= 4 is 17.6 Å². The van der Waals surface area contributed by atoms with Gasteiger partial charge in [0.15, 0.2) is 0 Å². The Morgan fingerprint density at radius 2 is 1.96 bits per heavy atom. The molecule has 9 heteroatoms. The smallest absolute Gasteiger partial charge is 0.229 e. The largest absolute Gasteiger partial charge is 0.460 e. The molecule has 0 aliphatic carbocycles. The minimum atomic E-state index is -1.48. The van der Waals surface area contributed by atoms with Gasteiger partial charge >= 0.3 is 0 Å². The summed E-state index contributed by atoms with van der Waals surface area (Å²) in [7, 11) is 1.60. The van der Waals surface area contributed by atoms with Crippen LogP contribution in [0.15, 0.2) is 18.2 Å². The predicted molar refractivity (Wildman–Crippen MR) is 88.7 cm³/mol. The summed E-state index contributed by atoms with van der Waals surface area (Å²) in [6.07, 6.45) is -4.75. The third kappa shape index (κ3) is 4.31. The Morgan fingerprint density at radius 1 is 1.21 bits per heavy atom. The highest BCUT2D eigenvalue weighted by Gasteiger charge is 2.44. The van der Waals surface area contributed by atoms with Crippen molar-refractivity contribution in [1.29, 1.82) is 0 Å². The summed E-state index contributed by atoms with van der Waals surface area (Å²) in [4.78, 5) is 0. The van der Waals surface area contributed by atoms with E-state index in [1.165, 1.54) is 11.9 Å². The average molecular weight is 361 g/mol. The van der Waals surface area contributed by atoms with Crippen LogP contribution >= 0.6 is 11.9 Å². The van der Waals surface area contributed by atoms with Crippen LogP contribution in [0.1, 0.15) is 5.56 Å². The van der Waals surface area contributed by atoms with E-state index in [1.54, 1.807) is 19.2 Å². The molecule has 0 aromatic heterocycles. The normalized spacial score (nSPS) is 30.2. The number of hydrogen-bond acceptors (Lipinski definition) is 9. The molecule has 0 spiro atoms. The highest BCUT2D eigenvalue weighted by atomic mass is 32.2. The number of aliphatic hydroxyl groups excluding tert-OH is 4. The van der Waals surface area contributed by atoms with Gasteiger partial charge in [-0.1, -0.05) is 18.0 Å². The Hall–Kier alpha value is -1.07. The van der Waals surface area contributed by atoms with Crippen molar-refractivity contribution < 1.29 is 34.6 Å². The Kier molecular flexibility index (Phi) is 7.11. The van der Waals surface area contributed by atoms with Crippen LogP contribution in [0.4, 0.5) is 5.69 Å². The fourth-order valence-corrected chi connectivity index (χ4v) is 2.80. The molecule has 0 saturated carbocycles. The second-order valence-electron chi connectivity index (χ2n) is 5.38. The molecule has 24 heavy (non-hydrogen) atoms. The molecule has 8 nitrogen and oxygen atoms in total. The molecule has 5 N–H and O–H groups in total. The molecule has 1 aliphatic rings. The highest BCUT2D eigenvalue weighted by Crippen LogP contribution is 2.31. The zero-order chi connectivity index (χ0) is 17.7. The van der Waals surface area contributed by atoms with E-state index in [4.69, 9.17) is 14.2 Å². The minimum absolute atomic E-state index is 0.397. The number of anilines is 1. The van der Waals surface area contributed by atoms with Crippen LogP contribution in [0.5, 0.6) is 5.75 Å². The third-order valence-electron chi connectivity index (χ3n) is 3.66. The first-order valence-electron chi connectivity index (χ1n) is 7.39. The van der Waals surface area contributed by atoms with Crippen molar-refractivity contribution in [2.45, 2.75) is 37.3 Å². The van der Waals surface area contributed by atoms with Gasteiger partial charge < -0.3 is 39.4 Å². The Morgan fingerprint density at radius 3 is 2.58 bits per heavy atom. The summed E-state index contributed by atoms with van der Waals surface area (Å²) < 4.78 is 19.2. The Bertz CT molecular complexity index is 531. The zero-order valence-corrected chi connectivity index (χ0v) is 14.3. The third-order valence-corrected chi connectivity index (χ3v) is 4.08. The SMILES string of the molecule is COCc1ccc(OC2OC(CO)C(O)C(O)C2O)c(NSC)c1. The number of hydrogen-bond donors (Lipinski definition) is 5. The minimum Gasteiger partial charge on any atom is -0.460 e. The van der Waals surface area contributed by atoms with Crippen molar-refractivity contribution in [3.05, 3.63) is 23.8 Å². The lowest BCUT2D eigenvalue weighted by Crippen LogP contribution is -2.60. The lowest BCUT2D eigenvalue weighted by Gasteiger charge is -2.39. The van der Waals surface area contributed by atoms with Crippen LogP contribution in [0, 0.1) is 0 Å². The van der Waals surface area contributed by atoms with Gasteiger partial charge in [0.25, 0.3) is 0 Å². The number of ether oxygens (including phenoxy) is 3. The molecule has 5 atom stereocenters. The molecule has 1 aromatic rings. The van der Waals surface area contributed by atoms with Crippen LogP contribution in [-0.2, 0) is 16.1 Å². The summed E-state index contributed by atoms with van der Waals surface area (Å²) in [6, 6.07) is 5.32. The molecule has 1 saturated heterocycles. The van der Waals surface area contributed by atoms with Crippen LogP contribution in [-0.4, -0.2) is 71.1 Å². The average Bonchev–Trinajstić information content (AvgIpc) is 2.58. The topological polar surface area (TPSA) is 121 Å². The summed E-state index contributed by atoms with van der Waals surface area (Å²) in [5.41, 5.74) is 1.57. The lowest BCUT2D eigenvalue weighted by molar-refractivity contribution is -0.277. The molecule has 1 heterocycles. The first-order valence-corrected chi connectivity index (χ1v) is 8.62. The molecular formula is C15H23NO7S. The number of nitrogens with one attached hydrogen (secondary N) is 1. The van der Waals surface area contributed by atoms with Gasteiger partial charge in [-0.3, -0.25) is 0 Å². The molecule has 5 unspecified atom stereocenters. The second kappa shape index (κ2) is 8.86. The molecule has 136 valence electrons. The van der Waals surface area contributed by atoms with E-state index in [0.717, 1.165) is 5.56 Å². The summed E-state index contributed by atoms with van der Waals surface area (Å²) in [5, 5.41) is 38.9. The van der Waals surface area contributed by atoms with Crippen LogP contribution in [0.3, 0.4) is 0 Å². The number of benzene rings is 1. The number of aliphatic hydroxyl groups is 4. The summed E-state index contributed by atoms with van der Waals surface area (Å²) >= 11 is 1.36. The van der Waals surface area contributed by atoms with Crippen LogP contribution < -0.4 is 9.46 Å². The Labute approximate surface area is 144 Å². The first kappa shape index (κ1) is 19.3. The summed E-state index contributed by atoms with van der Waals surface area (Å²) in [6.45, 7) is -0.0725. The number of rotatable bonds is 7. The van der Waals surface area contributed by atoms with E-state index in [2.05, 4.69) is 4.72 Å². The molecule has 0 amide bonds. The molecular weight excluding hydrogens is 338 g/mol. The van der Waals surface area contributed by atoms with Gasteiger partial charge in [-0.15, -0.1) is 0 Å². The van der Waals surface area contributed by atoms with Gasteiger partial charge in [-0.2, -0.15) is 0 Å². The van der Waals surface area contributed by atoms with E-state index < -0.39 is 37.3 Å². The fourth-order valence-electron chi connectivity index (χ4n) is 2.42. The maximum atomic E-state index is 10.1.